The molecular weight excluding hydrogens is 294 g/mol. The molecule has 126 valence electrons. The van der Waals surface area contributed by atoms with Gasteiger partial charge in [0.05, 0.1) is 6.04 Å². The first-order chi connectivity index (χ1) is 11.0. The maximum Gasteiger partial charge on any atom is 0.333 e. The van der Waals surface area contributed by atoms with Crippen LogP contribution in [-0.4, -0.2) is 48.7 Å². The van der Waals surface area contributed by atoms with E-state index in [1.165, 1.54) is 0 Å². The van der Waals surface area contributed by atoms with Gasteiger partial charge in [0.1, 0.15) is 12.7 Å². The van der Waals surface area contributed by atoms with Gasteiger partial charge in [-0.05, 0) is 39.7 Å². The Kier molecular flexibility index (Phi) is 5.77. The summed E-state index contributed by atoms with van der Waals surface area (Å²) < 4.78 is 11.0. The molecule has 2 rings (SSSR count). The standard InChI is InChI=1S/C18H25NO4/c1-5-12(3)17(20)22-11-14-7-9-19-10-8-15(16(14)19)23-18(21)13(4)6-2/h5-7,15-16H,8-11H2,1-4H3/b12-5+,13-6+. The topological polar surface area (TPSA) is 55.8 Å². The molecule has 2 aliphatic rings. The third-order valence-electron chi connectivity index (χ3n) is 4.55. The fourth-order valence-electron chi connectivity index (χ4n) is 2.86. The van der Waals surface area contributed by atoms with Gasteiger partial charge in [-0.3, -0.25) is 4.90 Å². The second kappa shape index (κ2) is 7.59. The summed E-state index contributed by atoms with van der Waals surface area (Å²) in [5, 5.41) is 0. The molecule has 0 N–H and O–H groups in total. The number of rotatable bonds is 5. The lowest BCUT2D eigenvalue weighted by Crippen LogP contribution is -2.36. The second-order valence-electron chi connectivity index (χ2n) is 5.97. The summed E-state index contributed by atoms with van der Waals surface area (Å²) in [6.45, 7) is 9.07. The molecule has 2 unspecified atom stereocenters. The maximum absolute atomic E-state index is 12.0. The smallest absolute Gasteiger partial charge is 0.333 e. The zero-order valence-corrected chi connectivity index (χ0v) is 14.3. The van der Waals surface area contributed by atoms with Gasteiger partial charge in [0.15, 0.2) is 0 Å². The Morgan fingerprint density at radius 3 is 2.52 bits per heavy atom. The van der Waals surface area contributed by atoms with Crippen molar-refractivity contribution in [3.05, 3.63) is 34.9 Å². The van der Waals surface area contributed by atoms with Gasteiger partial charge in [-0.1, -0.05) is 18.2 Å². The van der Waals surface area contributed by atoms with E-state index in [2.05, 4.69) is 11.0 Å². The molecule has 1 saturated heterocycles. The average molecular weight is 319 g/mol. The van der Waals surface area contributed by atoms with Crippen LogP contribution in [0.2, 0.25) is 0 Å². The van der Waals surface area contributed by atoms with Crippen LogP contribution in [0.4, 0.5) is 0 Å². The van der Waals surface area contributed by atoms with Crippen molar-refractivity contribution >= 4 is 11.9 Å². The van der Waals surface area contributed by atoms with E-state index in [4.69, 9.17) is 9.47 Å². The van der Waals surface area contributed by atoms with E-state index in [0.717, 1.165) is 25.1 Å². The molecule has 0 amide bonds. The lowest BCUT2D eigenvalue weighted by Gasteiger charge is -2.24. The number of fused-ring (bicyclic) bond motifs is 1. The van der Waals surface area contributed by atoms with Crippen LogP contribution < -0.4 is 0 Å². The number of hydrogen-bond acceptors (Lipinski definition) is 5. The van der Waals surface area contributed by atoms with Crippen molar-refractivity contribution in [2.75, 3.05) is 19.7 Å². The normalized spacial score (nSPS) is 25.1. The molecule has 0 saturated carbocycles. The lowest BCUT2D eigenvalue weighted by molar-refractivity contribution is -0.145. The van der Waals surface area contributed by atoms with Crippen molar-refractivity contribution in [2.24, 2.45) is 0 Å². The number of carbonyl (C=O) groups is 2. The molecule has 2 heterocycles. The van der Waals surface area contributed by atoms with Crippen LogP contribution in [0.1, 0.15) is 34.1 Å². The molecule has 1 fully saturated rings. The van der Waals surface area contributed by atoms with Crippen LogP contribution >= 0.6 is 0 Å². The fraction of sp³-hybridized carbons (Fsp3) is 0.556. The van der Waals surface area contributed by atoms with E-state index in [9.17, 15) is 9.59 Å². The van der Waals surface area contributed by atoms with Gasteiger partial charge in [-0.25, -0.2) is 9.59 Å². The van der Waals surface area contributed by atoms with Gasteiger partial charge in [0.2, 0.25) is 0 Å². The first-order valence-corrected chi connectivity index (χ1v) is 8.04. The summed E-state index contributed by atoms with van der Waals surface area (Å²) >= 11 is 0. The molecule has 0 aromatic carbocycles. The van der Waals surface area contributed by atoms with Crippen LogP contribution in [0, 0.1) is 0 Å². The number of nitrogens with zero attached hydrogens (tertiary/aromatic N) is 1. The van der Waals surface area contributed by atoms with Crippen molar-refractivity contribution < 1.29 is 19.1 Å². The molecule has 0 aliphatic carbocycles. The van der Waals surface area contributed by atoms with E-state index in [1.807, 2.05) is 13.8 Å². The van der Waals surface area contributed by atoms with Crippen molar-refractivity contribution in [3.63, 3.8) is 0 Å². The minimum atomic E-state index is -0.303. The van der Waals surface area contributed by atoms with E-state index in [-0.39, 0.29) is 30.7 Å². The molecule has 5 heteroatoms. The molecule has 0 bridgehead atoms. The van der Waals surface area contributed by atoms with E-state index >= 15 is 0 Å². The van der Waals surface area contributed by atoms with Gasteiger partial charge >= 0.3 is 11.9 Å². The summed E-state index contributed by atoms with van der Waals surface area (Å²) in [5.41, 5.74) is 2.23. The molecular formula is C18H25NO4. The Bertz CT molecular complexity index is 574. The van der Waals surface area contributed by atoms with E-state index < -0.39 is 0 Å². The van der Waals surface area contributed by atoms with Crippen molar-refractivity contribution in [2.45, 2.75) is 46.3 Å². The molecule has 0 spiro atoms. The van der Waals surface area contributed by atoms with E-state index in [0.29, 0.717) is 11.1 Å². The van der Waals surface area contributed by atoms with Crippen LogP contribution in [0.3, 0.4) is 0 Å². The maximum atomic E-state index is 12.0. The quantitative estimate of drug-likeness (QED) is 0.442. The first kappa shape index (κ1) is 17.5. The number of esters is 2. The Hall–Kier alpha value is -1.88. The van der Waals surface area contributed by atoms with Crippen molar-refractivity contribution in [3.8, 4) is 0 Å². The van der Waals surface area contributed by atoms with Crippen LogP contribution in [0.5, 0.6) is 0 Å². The largest absolute Gasteiger partial charge is 0.458 e. The van der Waals surface area contributed by atoms with Gasteiger partial charge in [0.25, 0.3) is 0 Å². The third kappa shape index (κ3) is 3.91. The zero-order valence-electron chi connectivity index (χ0n) is 14.3. The van der Waals surface area contributed by atoms with Crippen LogP contribution in [0.15, 0.2) is 34.9 Å². The predicted octanol–water partition coefficient (Wildman–Crippen LogP) is 2.39. The Balaban J connectivity index is 1.98. The highest BCUT2D eigenvalue weighted by Crippen LogP contribution is 2.31. The SMILES string of the molecule is C/C=C(\C)C(=O)OCC1=CCN2CCC(OC(=O)/C(C)=C/C)C12. The highest BCUT2D eigenvalue weighted by atomic mass is 16.5. The molecule has 0 aromatic heterocycles. The molecule has 0 aromatic rings. The van der Waals surface area contributed by atoms with Crippen LogP contribution in [0.25, 0.3) is 0 Å². The van der Waals surface area contributed by atoms with E-state index in [1.54, 1.807) is 26.0 Å². The molecule has 5 nitrogen and oxygen atoms in total. The summed E-state index contributed by atoms with van der Waals surface area (Å²) in [5.74, 6) is -0.574. The van der Waals surface area contributed by atoms with Crippen molar-refractivity contribution in [1.82, 2.24) is 4.90 Å². The molecule has 23 heavy (non-hydrogen) atoms. The lowest BCUT2D eigenvalue weighted by atomic mass is 10.0. The first-order valence-electron chi connectivity index (χ1n) is 8.04. The Morgan fingerprint density at radius 1 is 1.22 bits per heavy atom. The molecule has 2 aliphatic heterocycles. The highest BCUT2D eigenvalue weighted by Gasteiger charge is 2.41. The summed E-state index contributed by atoms with van der Waals surface area (Å²) in [6, 6.07) is 0.0299. The van der Waals surface area contributed by atoms with Gasteiger partial charge in [-0.2, -0.15) is 0 Å². The predicted molar refractivity (Wildman–Crippen MR) is 87.8 cm³/mol. The number of hydrogen-bond donors (Lipinski definition) is 0. The summed E-state index contributed by atoms with van der Waals surface area (Å²) in [6.07, 6.45) is 6.20. The number of allylic oxidation sites excluding steroid dienone is 2. The average Bonchev–Trinajstić information content (AvgIpc) is 3.14. The van der Waals surface area contributed by atoms with Crippen molar-refractivity contribution in [1.29, 1.82) is 0 Å². The zero-order chi connectivity index (χ0) is 17.0. The Labute approximate surface area is 137 Å². The van der Waals surface area contributed by atoms with Gasteiger partial charge < -0.3 is 9.47 Å². The minimum Gasteiger partial charge on any atom is -0.458 e. The molecule has 0 radical (unpaired) electrons. The van der Waals surface area contributed by atoms with Gasteiger partial charge in [-0.15, -0.1) is 0 Å². The summed E-state index contributed by atoms with van der Waals surface area (Å²) in [7, 11) is 0. The number of ether oxygens (including phenoxy) is 2. The Morgan fingerprint density at radius 2 is 1.87 bits per heavy atom. The highest BCUT2D eigenvalue weighted by molar-refractivity contribution is 5.88. The fourth-order valence-corrected chi connectivity index (χ4v) is 2.86. The van der Waals surface area contributed by atoms with Crippen LogP contribution in [-0.2, 0) is 19.1 Å². The third-order valence-corrected chi connectivity index (χ3v) is 4.55. The van der Waals surface area contributed by atoms with Gasteiger partial charge in [0, 0.05) is 24.2 Å². The summed E-state index contributed by atoms with van der Waals surface area (Å²) in [4.78, 5) is 26.0. The number of carbonyl (C=O) groups excluding carboxylic acids is 2. The second-order valence-corrected chi connectivity index (χ2v) is 5.97. The monoisotopic (exact) mass is 319 g/mol. The minimum absolute atomic E-state index is 0.0299. The molecule has 2 atom stereocenters.